The van der Waals surface area contributed by atoms with Crippen LogP contribution < -0.4 is 0 Å². The average molecular weight is 138 g/mol. The Morgan fingerprint density at radius 3 is 1.50 bits per heavy atom. The zero-order chi connectivity index (χ0) is 7.98. The van der Waals surface area contributed by atoms with E-state index < -0.39 is 0 Å². The molecule has 0 amide bonds. The molecule has 10 heavy (non-hydrogen) atoms. The predicted octanol–water partition coefficient (Wildman–Crippen LogP) is 3.41. The first-order valence-electron chi connectivity index (χ1n) is 3.95. The van der Waals surface area contributed by atoms with Gasteiger partial charge in [0.05, 0.1) is 0 Å². The van der Waals surface area contributed by atoms with Crippen LogP contribution in [0.3, 0.4) is 0 Å². The van der Waals surface area contributed by atoms with Gasteiger partial charge in [0.2, 0.25) is 0 Å². The third-order valence-electron chi connectivity index (χ3n) is 1.88. The Morgan fingerprint density at radius 2 is 1.30 bits per heavy atom. The predicted molar refractivity (Wildman–Crippen MR) is 48.0 cm³/mol. The van der Waals surface area contributed by atoms with Crippen LogP contribution in [-0.2, 0) is 0 Å². The molecule has 0 N–H and O–H groups in total. The second-order valence-corrected chi connectivity index (χ2v) is 3.00. The van der Waals surface area contributed by atoms with Gasteiger partial charge in [0.15, 0.2) is 0 Å². The smallest absolute Gasteiger partial charge is 0.0264 e. The first-order valence-corrected chi connectivity index (χ1v) is 3.95. The Balaban J connectivity index is 3.34. The van der Waals surface area contributed by atoms with Crippen LogP contribution in [0, 0.1) is 11.8 Å². The summed E-state index contributed by atoms with van der Waals surface area (Å²) in [5.74, 6) is 1.31. The molecule has 0 saturated carbocycles. The molecule has 0 rings (SSSR count). The van der Waals surface area contributed by atoms with Gasteiger partial charge in [-0.2, -0.15) is 0 Å². The van der Waals surface area contributed by atoms with Gasteiger partial charge in [-0.05, 0) is 24.7 Å². The monoisotopic (exact) mass is 138 g/mol. The van der Waals surface area contributed by atoms with Gasteiger partial charge in [-0.25, -0.2) is 0 Å². The number of allylic oxidation sites excluding steroid dienone is 2. The quantitative estimate of drug-likeness (QED) is 0.511. The Hall–Kier alpha value is -0.520. The lowest BCUT2D eigenvalue weighted by Gasteiger charge is -2.07. The van der Waals surface area contributed by atoms with Gasteiger partial charge in [0.25, 0.3) is 0 Å². The van der Waals surface area contributed by atoms with Crippen molar-refractivity contribution in [2.24, 2.45) is 11.8 Å². The molecule has 0 aliphatic heterocycles. The molecule has 0 aliphatic carbocycles. The van der Waals surface area contributed by atoms with Crippen molar-refractivity contribution < 1.29 is 0 Å². The van der Waals surface area contributed by atoms with Gasteiger partial charge in [0.1, 0.15) is 0 Å². The van der Waals surface area contributed by atoms with Crippen molar-refractivity contribution in [3.05, 3.63) is 25.3 Å². The van der Waals surface area contributed by atoms with E-state index in [4.69, 9.17) is 0 Å². The summed E-state index contributed by atoms with van der Waals surface area (Å²) in [4.78, 5) is 0. The molecule has 0 heteroatoms. The Labute approximate surface area is 64.6 Å². The molecule has 0 saturated heterocycles. The summed E-state index contributed by atoms with van der Waals surface area (Å²) >= 11 is 0. The summed E-state index contributed by atoms with van der Waals surface area (Å²) in [5.41, 5.74) is 0. The molecule has 0 nitrogen and oxygen atoms in total. The van der Waals surface area contributed by atoms with Gasteiger partial charge < -0.3 is 0 Å². The van der Waals surface area contributed by atoms with E-state index in [9.17, 15) is 0 Å². The van der Waals surface area contributed by atoms with Crippen LogP contribution in [0.4, 0.5) is 0 Å². The number of hydrogen-bond donors (Lipinski definition) is 0. The molecule has 0 aromatic heterocycles. The Kier molecular flexibility index (Phi) is 5.00. The van der Waals surface area contributed by atoms with E-state index in [1.807, 2.05) is 12.2 Å². The summed E-state index contributed by atoms with van der Waals surface area (Å²) in [6.07, 6.45) is 6.49. The summed E-state index contributed by atoms with van der Waals surface area (Å²) in [6.45, 7) is 11.9. The first kappa shape index (κ1) is 9.48. The molecule has 0 heterocycles. The third-order valence-corrected chi connectivity index (χ3v) is 1.88. The molecule has 0 aliphatic rings. The lowest BCUT2D eigenvalue weighted by molar-refractivity contribution is 0.536. The number of hydrogen-bond acceptors (Lipinski definition) is 0. The lowest BCUT2D eigenvalue weighted by Crippen LogP contribution is -1.94. The number of rotatable bonds is 5. The fourth-order valence-corrected chi connectivity index (χ4v) is 0.761. The molecule has 0 bridgehead atoms. The summed E-state index contributed by atoms with van der Waals surface area (Å²) in [5, 5.41) is 0. The zero-order valence-corrected chi connectivity index (χ0v) is 7.14. The molecule has 0 aromatic carbocycles. The average Bonchev–Trinajstić information content (AvgIpc) is 1.99. The topological polar surface area (TPSA) is 0 Å². The van der Waals surface area contributed by atoms with Crippen molar-refractivity contribution in [2.45, 2.75) is 26.7 Å². The second kappa shape index (κ2) is 5.28. The lowest BCUT2D eigenvalue weighted by atomic mass is 9.98. The van der Waals surface area contributed by atoms with E-state index in [0.29, 0.717) is 11.8 Å². The van der Waals surface area contributed by atoms with Crippen molar-refractivity contribution in [3.8, 4) is 0 Å². The molecule has 58 valence electrons. The minimum Gasteiger partial charge on any atom is -0.103 e. The fourth-order valence-electron chi connectivity index (χ4n) is 0.761. The van der Waals surface area contributed by atoms with E-state index in [-0.39, 0.29) is 0 Å². The van der Waals surface area contributed by atoms with E-state index in [1.165, 1.54) is 12.8 Å². The fraction of sp³-hybridized carbons (Fsp3) is 0.600. The molecule has 0 fully saturated rings. The maximum absolute atomic E-state index is 3.74. The SMILES string of the molecule is C=CC(C)CCC(C)C=C. The van der Waals surface area contributed by atoms with Crippen LogP contribution in [0.1, 0.15) is 26.7 Å². The van der Waals surface area contributed by atoms with Crippen LogP contribution in [0.2, 0.25) is 0 Å². The van der Waals surface area contributed by atoms with E-state index in [1.54, 1.807) is 0 Å². The highest BCUT2D eigenvalue weighted by Gasteiger charge is 1.99. The summed E-state index contributed by atoms with van der Waals surface area (Å²) < 4.78 is 0. The Bertz CT molecular complexity index is 88.6. The van der Waals surface area contributed by atoms with Crippen molar-refractivity contribution in [2.75, 3.05) is 0 Å². The van der Waals surface area contributed by atoms with E-state index in [2.05, 4.69) is 27.0 Å². The van der Waals surface area contributed by atoms with Crippen molar-refractivity contribution in [1.29, 1.82) is 0 Å². The van der Waals surface area contributed by atoms with E-state index in [0.717, 1.165) is 0 Å². The normalized spacial score (nSPS) is 15.8. The minimum absolute atomic E-state index is 0.655. The van der Waals surface area contributed by atoms with Crippen LogP contribution in [0.15, 0.2) is 25.3 Å². The maximum atomic E-state index is 3.74. The van der Waals surface area contributed by atoms with E-state index >= 15 is 0 Å². The van der Waals surface area contributed by atoms with Crippen molar-refractivity contribution >= 4 is 0 Å². The third kappa shape index (κ3) is 4.37. The highest BCUT2D eigenvalue weighted by Crippen LogP contribution is 2.12. The molecule has 0 spiro atoms. The molecule has 0 aromatic rings. The van der Waals surface area contributed by atoms with Crippen LogP contribution in [-0.4, -0.2) is 0 Å². The van der Waals surface area contributed by atoms with Gasteiger partial charge in [-0.1, -0.05) is 26.0 Å². The largest absolute Gasteiger partial charge is 0.103 e. The van der Waals surface area contributed by atoms with Gasteiger partial charge in [-0.3, -0.25) is 0 Å². The highest BCUT2D eigenvalue weighted by atomic mass is 14.0. The van der Waals surface area contributed by atoms with Crippen molar-refractivity contribution in [3.63, 3.8) is 0 Å². The molecular weight excluding hydrogens is 120 g/mol. The van der Waals surface area contributed by atoms with Gasteiger partial charge in [-0.15, -0.1) is 13.2 Å². The molecule has 2 unspecified atom stereocenters. The summed E-state index contributed by atoms with van der Waals surface area (Å²) in [6, 6.07) is 0. The Morgan fingerprint density at radius 1 is 1.00 bits per heavy atom. The minimum atomic E-state index is 0.655. The maximum Gasteiger partial charge on any atom is -0.0264 e. The molecule has 0 radical (unpaired) electrons. The van der Waals surface area contributed by atoms with Crippen LogP contribution in [0.5, 0.6) is 0 Å². The molecule has 2 atom stereocenters. The zero-order valence-electron chi connectivity index (χ0n) is 7.14. The van der Waals surface area contributed by atoms with Crippen LogP contribution in [0.25, 0.3) is 0 Å². The summed E-state index contributed by atoms with van der Waals surface area (Å²) in [7, 11) is 0. The second-order valence-electron chi connectivity index (χ2n) is 3.00. The van der Waals surface area contributed by atoms with Gasteiger partial charge in [0, 0.05) is 0 Å². The first-order chi connectivity index (χ1) is 4.70. The molecular formula is C10H18. The standard InChI is InChI=1S/C10H18/c1-5-9(3)7-8-10(4)6-2/h5-6,9-10H,1-2,7-8H2,3-4H3. The van der Waals surface area contributed by atoms with Gasteiger partial charge >= 0.3 is 0 Å². The van der Waals surface area contributed by atoms with Crippen molar-refractivity contribution in [1.82, 2.24) is 0 Å². The van der Waals surface area contributed by atoms with Crippen LogP contribution >= 0.6 is 0 Å². The highest BCUT2D eigenvalue weighted by molar-refractivity contribution is 4.79.